The van der Waals surface area contributed by atoms with Crippen molar-refractivity contribution in [3.05, 3.63) is 58.3 Å². The van der Waals surface area contributed by atoms with Gasteiger partial charge in [-0.2, -0.15) is 0 Å². The van der Waals surface area contributed by atoms with Crippen LogP contribution in [0.4, 0.5) is 5.69 Å². The summed E-state index contributed by atoms with van der Waals surface area (Å²) < 4.78 is 0. The molecule has 0 saturated heterocycles. The number of aromatic amines is 1. The second-order valence-corrected chi connectivity index (χ2v) is 6.76. The molecule has 0 radical (unpaired) electrons. The van der Waals surface area contributed by atoms with Crippen molar-refractivity contribution in [3.8, 4) is 0 Å². The maximum absolute atomic E-state index is 11.1. The van der Waals surface area contributed by atoms with Gasteiger partial charge in [-0.1, -0.05) is 12.1 Å². The van der Waals surface area contributed by atoms with Gasteiger partial charge in [-0.05, 0) is 38.0 Å². The van der Waals surface area contributed by atoms with Gasteiger partial charge in [0, 0.05) is 43.0 Å². The van der Waals surface area contributed by atoms with E-state index in [1.54, 1.807) is 12.1 Å². The number of carboxylic acid groups (broad SMARTS) is 2. The molecular formula is C20H23N3O6. The van der Waals surface area contributed by atoms with E-state index in [0.29, 0.717) is 23.6 Å². The largest absolute Gasteiger partial charge is 0.478 e. The van der Waals surface area contributed by atoms with Crippen molar-refractivity contribution in [1.82, 2.24) is 9.88 Å². The zero-order chi connectivity index (χ0) is 21.6. The maximum atomic E-state index is 11.1. The highest BCUT2D eigenvalue weighted by Gasteiger charge is 2.18. The van der Waals surface area contributed by atoms with E-state index in [1.807, 2.05) is 12.1 Å². The predicted octanol–water partition coefficient (Wildman–Crippen LogP) is 3.29. The lowest BCUT2D eigenvalue weighted by molar-refractivity contribution is -0.383. The summed E-state index contributed by atoms with van der Waals surface area (Å²) in [5, 5.41) is 27.4. The lowest BCUT2D eigenvalue weighted by Crippen LogP contribution is -2.34. The number of nitrogens with one attached hydrogen (secondary N) is 1. The molecule has 0 atom stereocenters. The second-order valence-electron chi connectivity index (χ2n) is 6.76. The van der Waals surface area contributed by atoms with E-state index in [2.05, 4.69) is 29.8 Å². The highest BCUT2D eigenvalue weighted by Crippen LogP contribution is 2.30. The Morgan fingerprint density at radius 1 is 1.24 bits per heavy atom. The smallest absolute Gasteiger partial charge is 0.328 e. The average Bonchev–Trinajstić information content (AvgIpc) is 3.11. The van der Waals surface area contributed by atoms with Crippen LogP contribution in [0.25, 0.3) is 16.5 Å². The summed E-state index contributed by atoms with van der Waals surface area (Å²) in [6.45, 7) is 6.36. The van der Waals surface area contributed by atoms with Crippen molar-refractivity contribution in [2.45, 2.75) is 26.3 Å². The minimum absolute atomic E-state index is 0.162. The van der Waals surface area contributed by atoms with E-state index in [9.17, 15) is 19.7 Å². The first-order chi connectivity index (χ1) is 13.7. The van der Waals surface area contributed by atoms with E-state index in [4.69, 9.17) is 10.2 Å². The number of carboxylic acids is 2. The zero-order valence-electron chi connectivity index (χ0n) is 16.2. The van der Waals surface area contributed by atoms with E-state index in [-0.39, 0.29) is 10.6 Å². The van der Waals surface area contributed by atoms with Crippen LogP contribution in [0.3, 0.4) is 0 Å². The van der Waals surface area contributed by atoms with Gasteiger partial charge in [0.25, 0.3) is 5.69 Å². The van der Waals surface area contributed by atoms with Gasteiger partial charge in [-0.25, -0.2) is 9.59 Å². The minimum Gasteiger partial charge on any atom is -0.478 e. The van der Waals surface area contributed by atoms with Crippen molar-refractivity contribution < 1.29 is 24.7 Å². The van der Waals surface area contributed by atoms with Crippen LogP contribution in [-0.4, -0.2) is 56.1 Å². The van der Waals surface area contributed by atoms with Crippen molar-refractivity contribution >= 4 is 34.1 Å². The number of aromatic nitrogens is 1. The second kappa shape index (κ2) is 9.65. The Hall–Kier alpha value is -3.46. The number of hydrogen-bond acceptors (Lipinski definition) is 5. The monoisotopic (exact) mass is 401 g/mol. The summed E-state index contributed by atoms with van der Waals surface area (Å²) in [5.41, 5.74) is 3.24. The van der Waals surface area contributed by atoms with E-state index in [1.165, 1.54) is 5.57 Å². The predicted molar refractivity (Wildman–Crippen MR) is 109 cm³/mol. The Bertz CT molecular complexity index is 958. The Balaban J connectivity index is 0.000000321. The van der Waals surface area contributed by atoms with Gasteiger partial charge in [-0.15, -0.1) is 0 Å². The van der Waals surface area contributed by atoms with Crippen LogP contribution >= 0.6 is 0 Å². The van der Waals surface area contributed by atoms with Crippen LogP contribution in [0.1, 0.15) is 26.0 Å². The third-order valence-corrected chi connectivity index (χ3v) is 4.52. The fourth-order valence-electron chi connectivity index (χ4n) is 3.01. The fraction of sp³-hybridized carbons (Fsp3) is 0.300. The van der Waals surface area contributed by atoms with Gasteiger partial charge >= 0.3 is 11.9 Å². The Kier molecular flexibility index (Phi) is 7.27. The van der Waals surface area contributed by atoms with Gasteiger partial charge in [-0.3, -0.25) is 15.0 Å². The number of hydrogen-bond donors (Lipinski definition) is 3. The van der Waals surface area contributed by atoms with Crippen LogP contribution in [0.15, 0.2) is 42.5 Å². The molecule has 1 aliphatic rings. The maximum Gasteiger partial charge on any atom is 0.328 e. The standard InChI is InChI=1S/C16H19N3O2.C4H4O4/c1-11(2)18-8-6-12(7-9-18)15-10-13-14(17-15)4-3-5-16(13)19(20)21;5-3(6)1-2-4(7)8/h3-6,10-11,17H,7-9H2,1-2H3;1-2H,(H,5,6)(H,7,8). The topological polar surface area (TPSA) is 137 Å². The van der Waals surface area contributed by atoms with Crippen LogP contribution in [0, 0.1) is 10.1 Å². The molecule has 0 bridgehead atoms. The molecule has 0 aliphatic carbocycles. The molecule has 0 unspecified atom stereocenters. The first-order valence-electron chi connectivity index (χ1n) is 9.02. The summed E-state index contributed by atoms with van der Waals surface area (Å²) >= 11 is 0. The summed E-state index contributed by atoms with van der Waals surface area (Å²) in [4.78, 5) is 35.6. The Morgan fingerprint density at radius 3 is 2.38 bits per heavy atom. The first-order valence-corrected chi connectivity index (χ1v) is 9.02. The molecule has 154 valence electrons. The molecule has 9 nitrogen and oxygen atoms in total. The molecule has 9 heteroatoms. The van der Waals surface area contributed by atoms with Crippen LogP contribution < -0.4 is 0 Å². The van der Waals surface area contributed by atoms with Crippen LogP contribution in [0.5, 0.6) is 0 Å². The number of carbonyl (C=O) groups is 2. The number of rotatable bonds is 5. The van der Waals surface area contributed by atoms with Crippen molar-refractivity contribution in [1.29, 1.82) is 0 Å². The van der Waals surface area contributed by atoms with E-state index in [0.717, 1.165) is 30.7 Å². The summed E-state index contributed by atoms with van der Waals surface area (Å²) in [6.07, 6.45) is 4.31. The molecule has 2 aromatic rings. The highest BCUT2D eigenvalue weighted by atomic mass is 16.6. The van der Waals surface area contributed by atoms with Crippen molar-refractivity contribution in [2.24, 2.45) is 0 Å². The van der Waals surface area contributed by atoms with Crippen LogP contribution in [-0.2, 0) is 9.59 Å². The normalized spacial score (nSPS) is 14.5. The Morgan fingerprint density at radius 2 is 1.90 bits per heavy atom. The third kappa shape index (κ3) is 6.01. The van der Waals surface area contributed by atoms with Gasteiger partial charge in [0.1, 0.15) is 0 Å². The molecule has 3 N–H and O–H groups in total. The molecule has 29 heavy (non-hydrogen) atoms. The summed E-state index contributed by atoms with van der Waals surface area (Å²) in [5.74, 6) is -2.51. The molecule has 3 rings (SSSR count). The third-order valence-electron chi connectivity index (χ3n) is 4.52. The van der Waals surface area contributed by atoms with E-state index < -0.39 is 11.9 Å². The van der Waals surface area contributed by atoms with Gasteiger partial charge in [0.15, 0.2) is 0 Å². The molecule has 0 fully saturated rings. The number of nitro groups is 1. The summed E-state index contributed by atoms with van der Waals surface area (Å²) in [6, 6.07) is 7.61. The zero-order valence-corrected chi connectivity index (χ0v) is 16.2. The van der Waals surface area contributed by atoms with Gasteiger partial charge in [0.2, 0.25) is 0 Å². The molecular weight excluding hydrogens is 378 g/mol. The number of nitro benzene ring substituents is 1. The number of benzene rings is 1. The minimum atomic E-state index is -1.26. The molecule has 0 spiro atoms. The van der Waals surface area contributed by atoms with Crippen molar-refractivity contribution in [3.63, 3.8) is 0 Å². The fourth-order valence-corrected chi connectivity index (χ4v) is 3.01. The van der Waals surface area contributed by atoms with Gasteiger partial charge in [0.05, 0.1) is 15.8 Å². The lowest BCUT2D eigenvalue weighted by Gasteiger charge is -2.29. The highest BCUT2D eigenvalue weighted by molar-refractivity contribution is 5.92. The molecule has 0 amide bonds. The van der Waals surface area contributed by atoms with Crippen molar-refractivity contribution in [2.75, 3.05) is 13.1 Å². The quantitative estimate of drug-likeness (QED) is 0.397. The molecule has 1 aliphatic heterocycles. The van der Waals surface area contributed by atoms with Gasteiger partial charge < -0.3 is 15.2 Å². The summed E-state index contributed by atoms with van der Waals surface area (Å²) in [7, 11) is 0. The first kappa shape index (κ1) is 21.8. The number of non-ortho nitro benzene ring substituents is 1. The number of fused-ring (bicyclic) bond motifs is 1. The SMILES string of the molecule is CC(C)N1CC=C(c2cc3c([N+](=O)[O-])cccc3[nH]2)CC1.O=C(O)C=CC(=O)O. The van der Waals surface area contributed by atoms with Crippen LogP contribution in [0.2, 0.25) is 0 Å². The average molecular weight is 401 g/mol. The number of H-pyrrole nitrogens is 1. The molecule has 2 heterocycles. The molecule has 1 aromatic heterocycles. The number of nitrogens with zero attached hydrogens (tertiary/aromatic N) is 2. The Labute approximate surface area is 167 Å². The molecule has 0 saturated carbocycles. The van der Waals surface area contributed by atoms with E-state index >= 15 is 0 Å². The molecule has 1 aromatic carbocycles. The number of aliphatic carboxylic acids is 2. The lowest BCUT2D eigenvalue weighted by atomic mass is 10.0.